The first-order valence-corrected chi connectivity index (χ1v) is 8.21. The molecule has 0 saturated carbocycles. The molecule has 1 saturated heterocycles. The topological polar surface area (TPSA) is 79.0 Å². The maximum Gasteiger partial charge on any atom is 0.387 e. The van der Waals surface area contributed by atoms with Gasteiger partial charge in [0.25, 0.3) is 5.91 Å². The number of aromatic nitrogens is 2. The van der Waals surface area contributed by atoms with Crippen molar-refractivity contribution < 1.29 is 18.3 Å². The van der Waals surface area contributed by atoms with E-state index in [2.05, 4.69) is 25.6 Å². The lowest BCUT2D eigenvalue weighted by molar-refractivity contribution is -0.0498. The minimum atomic E-state index is -2.90. The van der Waals surface area contributed by atoms with Crippen LogP contribution in [0, 0.1) is 5.92 Å². The number of halogens is 2. The average Bonchev–Trinajstić information content (AvgIpc) is 3.26. The molecule has 1 unspecified atom stereocenters. The van der Waals surface area contributed by atoms with E-state index in [0.29, 0.717) is 29.3 Å². The maximum absolute atomic E-state index is 12.4. The van der Waals surface area contributed by atoms with Crippen LogP contribution in [0.4, 0.5) is 8.78 Å². The summed E-state index contributed by atoms with van der Waals surface area (Å²) in [6.07, 6.45) is 3.48. The number of carbonyl (C=O) groups is 1. The molecule has 0 aliphatic carbocycles. The van der Waals surface area contributed by atoms with Gasteiger partial charge in [0.1, 0.15) is 5.75 Å². The van der Waals surface area contributed by atoms with Crippen molar-refractivity contribution in [3.05, 3.63) is 36.0 Å². The van der Waals surface area contributed by atoms with Gasteiger partial charge in [0.15, 0.2) is 0 Å². The molecule has 3 N–H and O–H groups in total. The first kappa shape index (κ1) is 17.3. The molecule has 0 radical (unpaired) electrons. The molecule has 1 fully saturated rings. The number of H-pyrrole nitrogens is 1. The Morgan fingerprint density at radius 1 is 1.44 bits per heavy atom. The molecule has 0 bridgehead atoms. The van der Waals surface area contributed by atoms with Crippen molar-refractivity contribution in [1.82, 2.24) is 20.8 Å². The first-order chi connectivity index (χ1) is 12.1. The van der Waals surface area contributed by atoms with Gasteiger partial charge in [0.2, 0.25) is 0 Å². The summed E-state index contributed by atoms with van der Waals surface area (Å²) in [6, 6.07) is 6.16. The Bertz CT molecular complexity index is 714. The first-order valence-electron chi connectivity index (χ1n) is 8.21. The van der Waals surface area contributed by atoms with Crippen molar-refractivity contribution in [2.24, 2.45) is 5.92 Å². The summed E-state index contributed by atoms with van der Waals surface area (Å²) in [5, 5.41) is 12.8. The van der Waals surface area contributed by atoms with Crippen LogP contribution in [0.15, 0.2) is 30.5 Å². The molecule has 25 heavy (non-hydrogen) atoms. The molecule has 8 heteroatoms. The number of benzene rings is 1. The van der Waals surface area contributed by atoms with E-state index < -0.39 is 6.61 Å². The second-order valence-corrected chi connectivity index (χ2v) is 5.97. The van der Waals surface area contributed by atoms with Gasteiger partial charge in [-0.15, -0.1) is 0 Å². The molecular formula is C17H20F2N4O2. The Labute approximate surface area is 144 Å². The zero-order valence-corrected chi connectivity index (χ0v) is 13.6. The minimum Gasteiger partial charge on any atom is -0.435 e. The Hall–Kier alpha value is -2.48. The molecule has 1 aromatic heterocycles. The lowest BCUT2D eigenvalue weighted by Crippen LogP contribution is -2.26. The number of alkyl halides is 2. The highest BCUT2D eigenvalue weighted by molar-refractivity contribution is 5.99. The van der Waals surface area contributed by atoms with Gasteiger partial charge < -0.3 is 15.4 Å². The molecule has 1 aliphatic rings. The number of ether oxygens (including phenoxy) is 1. The lowest BCUT2D eigenvalue weighted by atomic mass is 10.0. The van der Waals surface area contributed by atoms with Crippen molar-refractivity contribution in [2.75, 3.05) is 19.6 Å². The van der Waals surface area contributed by atoms with E-state index in [1.807, 2.05) is 0 Å². The molecular weight excluding hydrogens is 330 g/mol. The third-order valence-corrected chi connectivity index (χ3v) is 4.23. The number of carbonyl (C=O) groups excluding carboxylic acids is 1. The standard InChI is InChI=1S/C17H20F2N4O2/c18-17(19)25-13-3-1-2-12(8-13)15-14(10-22-23-15)16(24)21-7-5-11-4-6-20-9-11/h1-3,8,10-11,17,20H,4-7,9H2,(H,21,24)(H,22,23). The second kappa shape index (κ2) is 8.06. The van der Waals surface area contributed by atoms with E-state index in [4.69, 9.17) is 0 Å². The summed E-state index contributed by atoms with van der Waals surface area (Å²) in [5.41, 5.74) is 1.40. The van der Waals surface area contributed by atoms with Crippen LogP contribution in [-0.2, 0) is 0 Å². The fourth-order valence-electron chi connectivity index (χ4n) is 2.95. The quantitative estimate of drug-likeness (QED) is 0.716. The molecule has 1 amide bonds. The van der Waals surface area contributed by atoms with Crippen LogP contribution < -0.4 is 15.4 Å². The number of amides is 1. The largest absolute Gasteiger partial charge is 0.435 e. The fourth-order valence-corrected chi connectivity index (χ4v) is 2.95. The van der Waals surface area contributed by atoms with Crippen LogP contribution in [0.2, 0.25) is 0 Å². The van der Waals surface area contributed by atoms with Gasteiger partial charge in [-0.05, 0) is 44.0 Å². The highest BCUT2D eigenvalue weighted by Crippen LogP contribution is 2.26. The highest BCUT2D eigenvalue weighted by Gasteiger charge is 2.18. The predicted molar refractivity (Wildman–Crippen MR) is 88.6 cm³/mol. The second-order valence-electron chi connectivity index (χ2n) is 5.97. The lowest BCUT2D eigenvalue weighted by Gasteiger charge is -2.10. The smallest absolute Gasteiger partial charge is 0.387 e. The third kappa shape index (κ3) is 4.54. The van der Waals surface area contributed by atoms with Gasteiger partial charge in [-0.3, -0.25) is 9.89 Å². The maximum atomic E-state index is 12.4. The van der Waals surface area contributed by atoms with Crippen molar-refractivity contribution in [3.8, 4) is 17.0 Å². The summed E-state index contributed by atoms with van der Waals surface area (Å²) < 4.78 is 29.1. The molecule has 3 rings (SSSR count). The van der Waals surface area contributed by atoms with Gasteiger partial charge in [0.05, 0.1) is 17.5 Å². The van der Waals surface area contributed by atoms with Gasteiger partial charge in [-0.2, -0.15) is 13.9 Å². The van der Waals surface area contributed by atoms with Crippen molar-refractivity contribution in [3.63, 3.8) is 0 Å². The van der Waals surface area contributed by atoms with E-state index >= 15 is 0 Å². The Kier molecular flexibility index (Phi) is 5.60. The zero-order chi connectivity index (χ0) is 17.6. The monoisotopic (exact) mass is 350 g/mol. The molecule has 2 heterocycles. The number of rotatable bonds is 7. The molecule has 1 aromatic carbocycles. The number of hydrogen-bond acceptors (Lipinski definition) is 4. The zero-order valence-electron chi connectivity index (χ0n) is 13.6. The number of hydrogen-bond donors (Lipinski definition) is 3. The molecule has 134 valence electrons. The highest BCUT2D eigenvalue weighted by atomic mass is 19.3. The van der Waals surface area contributed by atoms with Gasteiger partial charge in [-0.1, -0.05) is 12.1 Å². The summed E-state index contributed by atoms with van der Waals surface area (Å²) in [6.45, 7) is -0.292. The number of nitrogens with one attached hydrogen (secondary N) is 3. The van der Waals surface area contributed by atoms with E-state index in [1.165, 1.54) is 18.3 Å². The summed E-state index contributed by atoms with van der Waals surface area (Å²) in [4.78, 5) is 12.4. The van der Waals surface area contributed by atoms with Crippen LogP contribution in [0.1, 0.15) is 23.2 Å². The van der Waals surface area contributed by atoms with E-state index in [9.17, 15) is 13.6 Å². The minimum absolute atomic E-state index is 0.0298. The molecule has 1 atom stereocenters. The molecule has 2 aromatic rings. The van der Waals surface area contributed by atoms with Crippen molar-refractivity contribution in [1.29, 1.82) is 0 Å². The fraction of sp³-hybridized carbons (Fsp3) is 0.412. The third-order valence-electron chi connectivity index (χ3n) is 4.23. The van der Waals surface area contributed by atoms with Crippen LogP contribution in [0.5, 0.6) is 5.75 Å². The molecule has 0 spiro atoms. The predicted octanol–water partition coefficient (Wildman–Crippen LogP) is 2.41. The van der Waals surface area contributed by atoms with Gasteiger partial charge in [-0.25, -0.2) is 0 Å². The summed E-state index contributed by atoms with van der Waals surface area (Å²) in [7, 11) is 0. The summed E-state index contributed by atoms with van der Waals surface area (Å²) in [5.74, 6) is 0.379. The van der Waals surface area contributed by atoms with Crippen molar-refractivity contribution >= 4 is 5.91 Å². The normalized spacial score (nSPS) is 17.0. The average molecular weight is 350 g/mol. The molecule has 6 nitrogen and oxygen atoms in total. The Balaban J connectivity index is 1.66. The number of aromatic amines is 1. The SMILES string of the molecule is O=C(NCCC1CCNC1)c1cn[nH]c1-c1cccc(OC(F)F)c1. The van der Waals surface area contributed by atoms with Crippen LogP contribution in [0.3, 0.4) is 0 Å². The van der Waals surface area contributed by atoms with Crippen LogP contribution >= 0.6 is 0 Å². The number of nitrogens with zero attached hydrogens (tertiary/aromatic N) is 1. The molecule has 1 aliphatic heterocycles. The summed E-state index contributed by atoms with van der Waals surface area (Å²) >= 11 is 0. The van der Waals surface area contributed by atoms with Crippen LogP contribution in [0.25, 0.3) is 11.3 Å². The van der Waals surface area contributed by atoms with E-state index in [0.717, 1.165) is 25.9 Å². The van der Waals surface area contributed by atoms with Gasteiger partial charge >= 0.3 is 6.61 Å². The van der Waals surface area contributed by atoms with E-state index in [1.54, 1.807) is 12.1 Å². The van der Waals surface area contributed by atoms with Crippen molar-refractivity contribution in [2.45, 2.75) is 19.5 Å². The Morgan fingerprint density at radius 2 is 2.32 bits per heavy atom. The van der Waals surface area contributed by atoms with Crippen LogP contribution in [-0.4, -0.2) is 42.4 Å². The Morgan fingerprint density at radius 3 is 3.08 bits per heavy atom. The van der Waals surface area contributed by atoms with E-state index in [-0.39, 0.29) is 11.7 Å². The van der Waals surface area contributed by atoms with Gasteiger partial charge in [0, 0.05) is 12.1 Å².